The van der Waals surface area contributed by atoms with Gasteiger partial charge in [0.1, 0.15) is 5.75 Å². The van der Waals surface area contributed by atoms with Gasteiger partial charge in [0.2, 0.25) is 11.7 Å². The van der Waals surface area contributed by atoms with Crippen molar-refractivity contribution in [3.63, 3.8) is 0 Å². The van der Waals surface area contributed by atoms with Gasteiger partial charge in [-0.05, 0) is 30.7 Å². The molecule has 29 heavy (non-hydrogen) atoms. The fraction of sp³-hybridized carbons (Fsp3) is 0.333. The SMILES string of the molecule is CCCCOc1ccc(C(=O)NC(N)=Nc2cc(OC)c(OC)c(OC)c2)cc1. The maximum Gasteiger partial charge on any atom is 0.257 e. The number of carbonyl (C=O) groups excluding carboxylic acids is 1. The first kappa shape index (κ1) is 21.9. The quantitative estimate of drug-likeness (QED) is 0.380. The van der Waals surface area contributed by atoms with Crippen molar-refractivity contribution in [1.82, 2.24) is 5.32 Å². The molecule has 0 radical (unpaired) electrons. The van der Waals surface area contributed by atoms with E-state index in [4.69, 9.17) is 24.7 Å². The average Bonchev–Trinajstić information content (AvgIpc) is 2.73. The van der Waals surface area contributed by atoms with E-state index in [1.807, 2.05) is 0 Å². The Morgan fingerprint density at radius 1 is 1.03 bits per heavy atom. The zero-order valence-electron chi connectivity index (χ0n) is 17.2. The van der Waals surface area contributed by atoms with E-state index in [9.17, 15) is 4.79 Å². The Morgan fingerprint density at radius 2 is 1.66 bits per heavy atom. The molecule has 0 aliphatic carbocycles. The van der Waals surface area contributed by atoms with Crippen molar-refractivity contribution in [3.05, 3.63) is 42.0 Å². The topological polar surface area (TPSA) is 104 Å². The number of methoxy groups -OCH3 is 3. The van der Waals surface area contributed by atoms with Gasteiger partial charge in [-0.2, -0.15) is 0 Å². The highest BCUT2D eigenvalue weighted by molar-refractivity contribution is 6.05. The predicted octanol–water partition coefficient (Wildman–Crippen LogP) is 3.27. The number of amides is 1. The third-order valence-electron chi connectivity index (χ3n) is 4.02. The number of hydrogen-bond acceptors (Lipinski definition) is 6. The summed E-state index contributed by atoms with van der Waals surface area (Å²) in [6.07, 6.45) is 2.04. The Hall–Kier alpha value is -3.42. The summed E-state index contributed by atoms with van der Waals surface area (Å²) < 4.78 is 21.4. The van der Waals surface area contributed by atoms with Gasteiger partial charge in [0.05, 0.1) is 33.6 Å². The normalized spacial score (nSPS) is 11.0. The van der Waals surface area contributed by atoms with Crippen molar-refractivity contribution in [3.8, 4) is 23.0 Å². The van der Waals surface area contributed by atoms with Gasteiger partial charge in [0.15, 0.2) is 11.5 Å². The molecule has 0 aromatic heterocycles. The molecule has 0 aliphatic rings. The van der Waals surface area contributed by atoms with Crippen LogP contribution >= 0.6 is 0 Å². The van der Waals surface area contributed by atoms with Crippen LogP contribution < -0.4 is 30.0 Å². The van der Waals surface area contributed by atoms with Gasteiger partial charge < -0.3 is 24.7 Å². The summed E-state index contributed by atoms with van der Waals surface area (Å²) in [5.74, 6) is 1.59. The molecular formula is C21H27N3O5. The Bertz CT molecular complexity index is 825. The number of nitrogens with two attached hydrogens (primary N) is 1. The van der Waals surface area contributed by atoms with E-state index in [2.05, 4.69) is 17.2 Å². The van der Waals surface area contributed by atoms with E-state index in [1.165, 1.54) is 21.3 Å². The summed E-state index contributed by atoms with van der Waals surface area (Å²) in [5.41, 5.74) is 6.77. The van der Waals surface area contributed by atoms with Gasteiger partial charge in [-0.3, -0.25) is 10.1 Å². The summed E-state index contributed by atoms with van der Waals surface area (Å²) >= 11 is 0. The van der Waals surface area contributed by atoms with Crippen LogP contribution in [-0.4, -0.2) is 39.8 Å². The molecule has 1 amide bonds. The average molecular weight is 401 g/mol. The number of hydrogen-bond donors (Lipinski definition) is 2. The molecule has 8 heteroatoms. The zero-order chi connectivity index (χ0) is 21.2. The van der Waals surface area contributed by atoms with E-state index in [0.717, 1.165) is 12.8 Å². The summed E-state index contributed by atoms with van der Waals surface area (Å²) in [4.78, 5) is 16.6. The van der Waals surface area contributed by atoms with Gasteiger partial charge in [-0.25, -0.2) is 4.99 Å². The molecule has 0 aliphatic heterocycles. The summed E-state index contributed by atoms with van der Waals surface area (Å²) in [5, 5.41) is 2.56. The molecular weight excluding hydrogens is 374 g/mol. The molecule has 3 N–H and O–H groups in total. The second-order valence-corrected chi connectivity index (χ2v) is 6.06. The molecule has 0 saturated heterocycles. The van der Waals surface area contributed by atoms with Crippen LogP contribution in [0.3, 0.4) is 0 Å². The molecule has 2 aromatic rings. The number of aliphatic imine (C=N–C) groups is 1. The highest BCUT2D eigenvalue weighted by Gasteiger charge is 2.14. The van der Waals surface area contributed by atoms with Crippen molar-refractivity contribution in [2.75, 3.05) is 27.9 Å². The third kappa shape index (κ3) is 6.03. The van der Waals surface area contributed by atoms with Crippen molar-refractivity contribution in [2.24, 2.45) is 10.7 Å². The Kier molecular flexibility index (Phi) is 8.14. The highest BCUT2D eigenvalue weighted by atomic mass is 16.5. The summed E-state index contributed by atoms with van der Waals surface area (Å²) in [7, 11) is 4.52. The fourth-order valence-corrected chi connectivity index (χ4v) is 2.52. The Labute approximate surface area is 170 Å². The molecule has 0 heterocycles. The van der Waals surface area contributed by atoms with Gasteiger partial charge >= 0.3 is 0 Å². The molecule has 156 valence electrons. The number of carbonyl (C=O) groups is 1. The minimum absolute atomic E-state index is 0.0625. The monoisotopic (exact) mass is 401 g/mol. The van der Waals surface area contributed by atoms with E-state index >= 15 is 0 Å². The third-order valence-corrected chi connectivity index (χ3v) is 4.02. The Balaban J connectivity index is 2.10. The minimum atomic E-state index is -0.376. The molecule has 0 bridgehead atoms. The fourth-order valence-electron chi connectivity index (χ4n) is 2.52. The summed E-state index contributed by atoms with van der Waals surface area (Å²) in [6, 6.07) is 10.1. The zero-order valence-corrected chi connectivity index (χ0v) is 17.2. The number of guanidine groups is 1. The van der Waals surface area contributed by atoms with Gasteiger partial charge in [0.25, 0.3) is 5.91 Å². The number of rotatable bonds is 9. The van der Waals surface area contributed by atoms with Crippen molar-refractivity contribution < 1.29 is 23.7 Å². The molecule has 2 rings (SSSR count). The molecule has 0 spiro atoms. The smallest absolute Gasteiger partial charge is 0.257 e. The predicted molar refractivity (Wildman–Crippen MR) is 112 cm³/mol. The van der Waals surface area contributed by atoms with Crippen LogP contribution in [0.5, 0.6) is 23.0 Å². The van der Waals surface area contributed by atoms with Gasteiger partial charge in [-0.15, -0.1) is 0 Å². The number of nitrogens with one attached hydrogen (secondary N) is 1. The second kappa shape index (κ2) is 10.8. The first-order valence-electron chi connectivity index (χ1n) is 9.20. The van der Waals surface area contributed by atoms with E-state index in [-0.39, 0.29) is 11.9 Å². The van der Waals surface area contributed by atoms with Crippen molar-refractivity contribution in [2.45, 2.75) is 19.8 Å². The number of benzene rings is 2. The first-order chi connectivity index (χ1) is 14.0. The highest BCUT2D eigenvalue weighted by Crippen LogP contribution is 2.40. The molecule has 0 saturated carbocycles. The lowest BCUT2D eigenvalue weighted by Crippen LogP contribution is -2.36. The number of nitrogens with zero attached hydrogens (tertiary/aromatic N) is 1. The first-order valence-corrected chi connectivity index (χ1v) is 9.20. The van der Waals surface area contributed by atoms with Crippen LogP contribution in [0.25, 0.3) is 0 Å². The molecule has 0 unspecified atom stereocenters. The number of ether oxygens (including phenoxy) is 4. The largest absolute Gasteiger partial charge is 0.494 e. The standard InChI is InChI=1S/C21H27N3O5/c1-5-6-11-29-16-9-7-14(8-10-16)20(25)24-21(22)23-15-12-17(26-2)19(28-4)18(13-15)27-3/h7-10,12-13H,5-6,11H2,1-4H3,(H3,22,23,24,25). The van der Waals surface area contributed by atoms with E-state index in [1.54, 1.807) is 36.4 Å². The van der Waals surface area contributed by atoms with Crippen LogP contribution in [0.4, 0.5) is 5.69 Å². The molecule has 0 atom stereocenters. The lowest BCUT2D eigenvalue weighted by atomic mass is 10.2. The molecule has 8 nitrogen and oxygen atoms in total. The summed E-state index contributed by atoms with van der Waals surface area (Å²) in [6.45, 7) is 2.75. The second-order valence-electron chi connectivity index (χ2n) is 6.06. The minimum Gasteiger partial charge on any atom is -0.494 e. The van der Waals surface area contributed by atoms with Crippen LogP contribution in [-0.2, 0) is 0 Å². The van der Waals surface area contributed by atoms with Crippen LogP contribution in [0, 0.1) is 0 Å². The van der Waals surface area contributed by atoms with Crippen LogP contribution in [0.2, 0.25) is 0 Å². The molecule has 2 aromatic carbocycles. The molecule has 0 fully saturated rings. The Morgan fingerprint density at radius 3 is 2.17 bits per heavy atom. The van der Waals surface area contributed by atoms with Crippen LogP contribution in [0.1, 0.15) is 30.1 Å². The van der Waals surface area contributed by atoms with E-state index < -0.39 is 0 Å². The van der Waals surface area contributed by atoms with Crippen LogP contribution in [0.15, 0.2) is 41.4 Å². The lowest BCUT2D eigenvalue weighted by Gasteiger charge is -2.13. The van der Waals surface area contributed by atoms with Gasteiger partial charge in [-0.1, -0.05) is 13.3 Å². The lowest BCUT2D eigenvalue weighted by molar-refractivity contribution is 0.0976. The van der Waals surface area contributed by atoms with E-state index in [0.29, 0.717) is 40.9 Å². The maximum absolute atomic E-state index is 12.4. The van der Waals surface area contributed by atoms with Crippen molar-refractivity contribution >= 4 is 17.6 Å². The maximum atomic E-state index is 12.4. The van der Waals surface area contributed by atoms with Gasteiger partial charge in [0, 0.05) is 17.7 Å². The van der Waals surface area contributed by atoms with Crippen molar-refractivity contribution in [1.29, 1.82) is 0 Å². The number of unbranched alkanes of at least 4 members (excludes halogenated alkanes) is 1.